The molecule has 0 radical (unpaired) electrons. The molecule has 0 heterocycles. The fourth-order valence-corrected chi connectivity index (χ4v) is 1.37. The summed E-state index contributed by atoms with van der Waals surface area (Å²) >= 11 is 0. The van der Waals surface area contributed by atoms with Crippen LogP contribution in [0.1, 0.15) is 12.5 Å². The van der Waals surface area contributed by atoms with Crippen LogP contribution in [0.5, 0.6) is 11.5 Å². The SMILES string of the molecule is COc1ccc(OC)c(CN[C@H](C)C(=O)O)c1. The van der Waals surface area contributed by atoms with Gasteiger partial charge in [-0.3, -0.25) is 4.79 Å². The van der Waals surface area contributed by atoms with Crippen LogP contribution in [0.2, 0.25) is 0 Å². The second kappa shape index (κ2) is 6.10. The molecule has 94 valence electrons. The molecule has 0 spiro atoms. The Morgan fingerprint density at radius 3 is 2.65 bits per heavy atom. The van der Waals surface area contributed by atoms with Crippen LogP contribution in [-0.4, -0.2) is 31.3 Å². The lowest BCUT2D eigenvalue weighted by Gasteiger charge is -2.13. The number of carbonyl (C=O) groups is 1. The van der Waals surface area contributed by atoms with Crippen LogP contribution in [0.15, 0.2) is 18.2 Å². The normalized spacial score (nSPS) is 11.9. The highest BCUT2D eigenvalue weighted by Gasteiger charge is 2.11. The molecule has 0 amide bonds. The fraction of sp³-hybridized carbons (Fsp3) is 0.417. The highest BCUT2D eigenvalue weighted by atomic mass is 16.5. The van der Waals surface area contributed by atoms with Gasteiger partial charge in [0, 0.05) is 12.1 Å². The monoisotopic (exact) mass is 239 g/mol. The summed E-state index contributed by atoms with van der Waals surface area (Å²) in [4.78, 5) is 10.7. The van der Waals surface area contributed by atoms with Gasteiger partial charge in [-0.1, -0.05) is 0 Å². The summed E-state index contributed by atoms with van der Waals surface area (Å²) in [5.74, 6) is 0.535. The Morgan fingerprint density at radius 1 is 1.41 bits per heavy atom. The Balaban J connectivity index is 2.77. The summed E-state index contributed by atoms with van der Waals surface area (Å²) in [6.07, 6.45) is 0. The van der Waals surface area contributed by atoms with Crippen molar-refractivity contribution in [3.05, 3.63) is 23.8 Å². The van der Waals surface area contributed by atoms with Gasteiger partial charge in [0.2, 0.25) is 0 Å². The number of nitrogens with one attached hydrogen (secondary N) is 1. The molecule has 2 N–H and O–H groups in total. The minimum atomic E-state index is -0.883. The highest BCUT2D eigenvalue weighted by molar-refractivity contribution is 5.72. The van der Waals surface area contributed by atoms with Gasteiger partial charge >= 0.3 is 5.97 Å². The molecule has 0 aliphatic carbocycles. The first-order valence-corrected chi connectivity index (χ1v) is 5.25. The minimum absolute atomic E-state index is 0.411. The lowest BCUT2D eigenvalue weighted by atomic mass is 10.1. The van der Waals surface area contributed by atoms with Gasteiger partial charge < -0.3 is 19.9 Å². The van der Waals surface area contributed by atoms with Crippen LogP contribution in [0, 0.1) is 0 Å². The maximum atomic E-state index is 10.7. The van der Waals surface area contributed by atoms with E-state index in [2.05, 4.69) is 5.32 Å². The molecular weight excluding hydrogens is 222 g/mol. The molecule has 1 aromatic carbocycles. The number of carboxylic acid groups (broad SMARTS) is 1. The molecule has 0 aromatic heterocycles. The molecule has 0 fully saturated rings. The van der Waals surface area contributed by atoms with E-state index in [0.717, 1.165) is 5.56 Å². The molecule has 17 heavy (non-hydrogen) atoms. The van der Waals surface area contributed by atoms with E-state index in [0.29, 0.717) is 18.0 Å². The van der Waals surface area contributed by atoms with Crippen LogP contribution in [0.25, 0.3) is 0 Å². The predicted molar refractivity (Wildman–Crippen MR) is 63.5 cm³/mol. The van der Waals surface area contributed by atoms with E-state index < -0.39 is 12.0 Å². The number of methoxy groups -OCH3 is 2. The van der Waals surface area contributed by atoms with Crippen LogP contribution < -0.4 is 14.8 Å². The van der Waals surface area contributed by atoms with Gasteiger partial charge in [-0.2, -0.15) is 0 Å². The number of carboxylic acids is 1. The topological polar surface area (TPSA) is 67.8 Å². The van der Waals surface area contributed by atoms with Gasteiger partial charge in [-0.15, -0.1) is 0 Å². The van der Waals surface area contributed by atoms with Crippen molar-refractivity contribution in [2.24, 2.45) is 0 Å². The number of benzene rings is 1. The van der Waals surface area contributed by atoms with Crippen molar-refractivity contribution >= 4 is 5.97 Å². The standard InChI is InChI=1S/C12H17NO4/c1-8(12(14)15)13-7-9-6-10(16-2)4-5-11(9)17-3/h4-6,8,13H,7H2,1-3H3,(H,14,15)/t8-/m1/s1. The van der Waals surface area contributed by atoms with Gasteiger partial charge in [0.25, 0.3) is 0 Å². The molecule has 0 aliphatic heterocycles. The first kappa shape index (κ1) is 13.3. The third-order valence-corrected chi connectivity index (χ3v) is 2.46. The summed E-state index contributed by atoms with van der Waals surface area (Å²) in [6.45, 7) is 2.00. The molecule has 0 aliphatic rings. The van der Waals surface area contributed by atoms with Crippen molar-refractivity contribution in [2.45, 2.75) is 19.5 Å². The van der Waals surface area contributed by atoms with Crippen molar-refractivity contribution in [1.29, 1.82) is 0 Å². The first-order valence-electron chi connectivity index (χ1n) is 5.25. The Bertz CT molecular complexity index is 392. The Kier molecular flexibility index (Phi) is 4.78. The number of aliphatic carboxylic acids is 1. The summed E-state index contributed by atoms with van der Waals surface area (Å²) in [6, 6.07) is 4.80. The molecule has 1 atom stereocenters. The van der Waals surface area contributed by atoms with Crippen LogP contribution >= 0.6 is 0 Å². The van der Waals surface area contributed by atoms with Gasteiger partial charge in [0.15, 0.2) is 0 Å². The number of hydrogen-bond acceptors (Lipinski definition) is 4. The number of ether oxygens (including phenoxy) is 2. The molecule has 0 bridgehead atoms. The lowest BCUT2D eigenvalue weighted by Crippen LogP contribution is -2.33. The smallest absolute Gasteiger partial charge is 0.320 e. The van der Waals surface area contributed by atoms with Crippen molar-refractivity contribution < 1.29 is 19.4 Å². The third kappa shape index (κ3) is 3.64. The fourth-order valence-electron chi connectivity index (χ4n) is 1.37. The van der Waals surface area contributed by atoms with E-state index in [-0.39, 0.29) is 0 Å². The van der Waals surface area contributed by atoms with Gasteiger partial charge in [-0.25, -0.2) is 0 Å². The quantitative estimate of drug-likeness (QED) is 0.782. The minimum Gasteiger partial charge on any atom is -0.497 e. The average molecular weight is 239 g/mol. The van der Waals surface area contributed by atoms with E-state index in [1.54, 1.807) is 33.3 Å². The summed E-state index contributed by atoms with van der Waals surface area (Å²) in [7, 11) is 3.16. The van der Waals surface area contributed by atoms with Crippen molar-refractivity contribution in [2.75, 3.05) is 14.2 Å². The molecule has 1 rings (SSSR count). The second-order valence-electron chi connectivity index (χ2n) is 3.62. The zero-order chi connectivity index (χ0) is 12.8. The molecule has 1 aromatic rings. The molecule has 5 heteroatoms. The summed E-state index contributed by atoms with van der Waals surface area (Å²) in [5.41, 5.74) is 0.861. The largest absolute Gasteiger partial charge is 0.497 e. The Hall–Kier alpha value is -1.75. The van der Waals surface area contributed by atoms with E-state index in [1.807, 2.05) is 6.07 Å². The molecule has 5 nitrogen and oxygen atoms in total. The number of hydrogen-bond donors (Lipinski definition) is 2. The zero-order valence-electron chi connectivity index (χ0n) is 10.2. The van der Waals surface area contributed by atoms with E-state index in [9.17, 15) is 4.79 Å². The summed E-state index contributed by atoms with van der Waals surface area (Å²) < 4.78 is 10.3. The van der Waals surface area contributed by atoms with Crippen LogP contribution in [-0.2, 0) is 11.3 Å². The maximum absolute atomic E-state index is 10.7. The first-order chi connectivity index (χ1) is 8.08. The third-order valence-electron chi connectivity index (χ3n) is 2.46. The predicted octanol–water partition coefficient (Wildman–Crippen LogP) is 1.27. The van der Waals surface area contributed by atoms with Crippen LogP contribution in [0.3, 0.4) is 0 Å². The van der Waals surface area contributed by atoms with E-state index >= 15 is 0 Å². The van der Waals surface area contributed by atoms with Gasteiger partial charge in [0.1, 0.15) is 17.5 Å². The van der Waals surface area contributed by atoms with Gasteiger partial charge in [0.05, 0.1) is 14.2 Å². The molecule has 0 saturated heterocycles. The molecule has 0 saturated carbocycles. The number of rotatable bonds is 6. The van der Waals surface area contributed by atoms with Gasteiger partial charge in [-0.05, 0) is 25.1 Å². The van der Waals surface area contributed by atoms with Crippen molar-refractivity contribution in [1.82, 2.24) is 5.32 Å². The molecule has 0 unspecified atom stereocenters. The summed E-state index contributed by atoms with van der Waals surface area (Å²) in [5, 5.41) is 11.7. The Morgan fingerprint density at radius 2 is 2.12 bits per heavy atom. The lowest BCUT2D eigenvalue weighted by molar-refractivity contribution is -0.139. The van der Waals surface area contributed by atoms with E-state index in [4.69, 9.17) is 14.6 Å². The highest BCUT2D eigenvalue weighted by Crippen LogP contribution is 2.23. The average Bonchev–Trinajstić information content (AvgIpc) is 2.35. The van der Waals surface area contributed by atoms with Crippen LogP contribution in [0.4, 0.5) is 0 Å². The molecular formula is C12H17NO4. The van der Waals surface area contributed by atoms with Crippen molar-refractivity contribution in [3.8, 4) is 11.5 Å². The Labute approximate surface area is 100 Å². The van der Waals surface area contributed by atoms with Crippen molar-refractivity contribution in [3.63, 3.8) is 0 Å². The zero-order valence-corrected chi connectivity index (χ0v) is 10.2. The second-order valence-corrected chi connectivity index (χ2v) is 3.62. The maximum Gasteiger partial charge on any atom is 0.320 e. The van der Waals surface area contributed by atoms with E-state index in [1.165, 1.54) is 0 Å².